The maximum Gasteiger partial charge on any atom is 0.243 e. The molecule has 2 saturated heterocycles. The highest BCUT2D eigenvalue weighted by molar-refractivity contribution is 7.89. The van der Waals surface area contributed by atoms with Crippen molar-refractivity contribution in [2.75, 3.05) is 44.2 Å². The minimum absolute atomic E-state index is 0.0993. The first kappa shape index (κ1) is 22.0. The highest BCUT2D eigenvalue weighted by Crippen LogP contribution is 2.26. The number of sulfonamides is 1. The molecule has 1 amide bonds. The minimum atomic E-state index is -3.58. The predicted molar refractivity (Wildman–Crippen MR) is 118 cm³/mol. The summed E-state index contributed by atoms with van der Waals surface area (Å²) < 4.78 is 40.2. The Morgan fingerprint density at radius 2 is 1.45 bits per heavy atom. The number of hydrogen-bond donors (Lipinski definition) is 0. The molecule has 2 fully saturated rings. The van der Waals surface area contributed by atoms with Crippen LogP contribution in [0.2, 0.25) is 5.02 Å². The quantitative estimate of drug-likeness (QED) is 0.695. The van der Waals surface area contributed by atoms with Gasteiger partial charge in [-0.05, 0) is 61.4 Å². The van der Waals surface area contributed by atoms with Crippen molar-refractivity contribution < 1.29 is 17.6 Å². The van der Waals surface area contributed by atoms with Gasteiger partial charge in [-0.2, -0.15) is 4.31 Å². The highest BCUT2D eigenvalue weighted by atomic mass is 35.5. The lowest BCUT2D eigenvalue weighted by molar-refractivity contribution is -0.137. The van der Waals surface area contributed by atoms with Crippen LogP contribution in [0.3, 0.4) is 0 Å². The number of benzene rings is 2. The van der Waals surface area contributed by atoms with E-state index in [9.17, 15) is 17.6 Å². The van der Waals surface area contributed by atoms with Crippen LogP contribution in [0.4, 0.5) is 10.1 Å². The Morgan fingerprint density at radius 3 is 2.03 bits per heavy atom. The molecule has 0 aromatic heterocycles. The molecule has 2 aromatic rings. The number of piperidine rings is 1. The third-order valence-electron chi connectivity index (χ3n) is 6.04. The van der Waals surface area contributed by atoms with Gasteiger partial charge in [-0.25, -0.2) is 12.8 Å². The highest BCUT2D eigenvalue weighted by Gasteiger charge is 2.34. The average molecular weight is 466 g/mol. The van der Waals surface area contributed by atoms with Crippen LogP contribution in [0.5, 0.6) is 0 Å². The fourth-order valence-corrected chi connectivity index (χ4v) is 5.79. The molecule has 2 aliphatic heterocycles. The average Bonchev–Trinajstić information content (AvgIpc) is 2.80. The molecule has 2 aliphatic rings. The Balaban J connectivity index is 1.30. The van der Waals surface area contributed by atoms with Gasteiger partial charge in [0.25, 0.3) is 0 Å². The normalized spacial score (nSPS) is 18.9. The van der Waals surface area contributed by atoms with Gasteiger partial charge in [0, 0.05) is 55.9 Å². The first-order valence-electron chi connectivity index (χ1n) is 10.4. The van der Waals surface area contributed by atoms with Crippen molar-refractivity contribution >= 4 is 33.2 Å². The molecule has 0 aliphatic carbocycles. The first-order valence-corrected chi connectivity index (χ1v) is 12.2. The molecular formula is C22H25ClFN3O3S. The Labute approximate surface area is 187 Å². The first-order chi connectivity index (χ1) is 14.8. The van der Waals surface area contributed by atoms with Gasteiger partial charge in [-0.1, -0.05) is 11.6 Å². The van der Waals surface area contributed by atoms with Crippen molar-refractivity contribution in [2.45, 2.75) is 17.7 Å². The SMILES string of the molecule is O=C(C1CCN(S(=O)(=O)c2ccc(Cl)cc2)CC1)N1CCN(c2ccc(F)cc2)CC1. The summed E-state index contributed by atoms with van der Waals surface area (Å²) in [4.78, 5) is 17.2. The summed E-state index contributed by atoms with van der Waals surface area (Å²) in [6.07, 6.45) is 1.04. The molecule has 0 saturated carbocycles. The van der Waals surface area contributed by atoms with E-state index in [4.69, 9.17) is 11.6 Å². The molecule has 9 heteroatoms. The molecule has 0 unspecified atom stereocenters. The van der Waals surface area contributed by atoms with Crippen LogP contribution in [0, 0.1) is 11.7 Å². The number of anilines is 1. The zero-order chi connectivity index (χ0) is 22.0. The minimum Gasteiger partial charge on any atom is -0.368 e. The fraction of sp³-hybridized carbons (Fsp3) is 0.409. The maximum absolute atomic E-state index is 13.1. The van der Waals surface area contributed by atoms with Crippen LogP contribution in [-0.4, -0.2) is 62.8 Å². The van der Waals surface area contributed by atoms with E-state index in [1.807, 2.05) is 4.90 Å². The molecule has 31 heavy (non-hydrogen) atoms. The Kier molecular flexibility index (Phi) is 6.50. The van der Waals surface area contributed by atoms with Crippen molar-refractivity contribution in [1.29, 1.82) is 0 Å². The summed E-state index contributed by atoms with van der Waals surface area (Å²) in [5.74, 6) is -0.321. The monoisotopic (exact) mass is 465 g/mol. The molecule has 2 aromatic carbocycles. The van der Waals surface area contributed by atoms with Crippen LogP contribution in [0.25, 0.3) is 0 Å². The standard InChI is InChI=1S/C22H25ClFN3O3S/c23-18-1-7-21(8-2-18)31(29,30)27-11-9-17(10-12-27)22(28)26-15-13-25(14-16-26)20-5-3-19(24)4-6-20/h1-8,17H,9-16H2. The van der Waals surface area contributed by atoms with Crippen molar-refractivity contribution in [1.82, 2.24) is 9.21 Å². The van der Waals surface area contributed by atoms with Crippen molar-refractivity contribution in [3.63, 3.8) is 0 Å². The summed E-state index contributed by atoms with van der Waals surface area (Å²) in [5.41, 5.74) is 0.953. The topological polar surface area (TPSA) is 60.9 Å². The Bertz CT molecular complexity index is 1010. The molecule has 4 rings (SSSR count). The number of nitrogens with zero attached hydrogens (tertiary/aromatic N) is 3. The molecule has 6 nitrogen and oxygen atoms in total. The van der Waals surface area contributed by atoms with E-state index in [0.29, 0.717) is 57.1 Å². The summed E-state index contributed by atoms with van der Waals surface area (Å²) in [7, 11) is -3.58. The van der Waals surface area contributed by atoms with E-state index in [-0.39, 0.29) is 22.5 Å². The summed E-state index contributed by atoms with van der Waals surface area (Å²) in [5, 5.41) is 0.489. The summed E-state index contributed by atoms with van der Waals surface area (Å²) >= 11 is 5.86. The van der Waals surface area contributed by atoms with E-state index >= 15 is 0 Å². The van der Waals surface area contributed by atoms with E-state index in [1.54, 1.807) is 24.3 Å². The van der Waals surface area contributed by atoms with Crippen LogP contribution < -0.4 is 4.90 Å². The van der Waals surface area contributed by atoms with Crippen LogP contribution in [0.1, 0.15) is 12.8 Å². The van der Waals surface area contributed by atoms with Gasteiger partial charge < -0.3 is 9.80 Å². The molecule has 0 N–H and O–H groups in total. The van der Waals surface area contributed by atoms with E-state index in [2.05, 4.69) is 4.90 Å². The molecule has 0 spiro atoms. The Hall–Kier alpha value is -2.16. The van der Waals surface area contributed by atoms with Crippen LogP contribution in [-0.2, 0) is 14.8 Å². The van der Waals surface area contributed by atoms with Crippen LogP contribution in [0.15, 0.2) is 53.4 Å². The third kappa shape index (κ3) is 4.86. The lowest BCUT2D eigenvalue weighted by Gasteiger charge is -2.39. The van der Waals surface area contributed by atoms with E-state index in [1.165, 1.54) is 28.6 Å². The van der Waals surface area contributed by atoms with Gasteiger partial charge >= 0.3 is 0 Å². The Morgan fingerprint density at radius 1 is 0.871 bits per heavy atom. The third-order valence-corrected chi connectivity index (χ3v) is 8.20. The number of rotatable bonds is 4. The number of amides is 1. The second-order valence-corrected chi connectivity index (χ2v) is 10.3. The predicted octanol–water partition coefficient (Wildman–Crippen LogP) is 3.23. The molecule has 0 bridgehead atoms. The van der Waals surface area contributed by atoms with Crippen LogP contribution >= 0.6 is 11.6 Å². The maximum atomic E-state index is 13.1. The van der Waals surface area contributed by atoms with E-state index < -0.39 is 10.0 Å². The second-order valence-electron chi connectivity index (χ2n) is 7.92. The number of halogens is 2. The molecule has 166 valence electrons. The zero-order valence-corrected chi connectivity index (χ0v) is 18.7. The lowest BCUT2D eigenvalue weighted by atomic mass is 9.96. The molecule has 0 radical (unpaired) electrons. The summed E-state index contributed by atoms with van der Waals surface area (Å²) in [6, 6.07) is 12.5. The van der Waals surface area contributed by atoms with Gasteiger partial charge in [-0.15, -0.1) is 0 Å². The van der Waals surface area contributed by atoms with Crippen molar-refractivity contribution in [2.24, 2.45) is 5.92 Å². The van der Waals surface area contributed by atoms with E-state index in [0.717, 1.165) is 5.69 Å². The largest absolute Gasteiger partial charge is 0.368 e. The van der Waals surface area contributed by atoms with Crippen molar-refractivity contribution in [3.8, 4) is 0 Å². The van der Waals surface area contributed by atoms with Gasteiger partial charge in [0.05, 0.1) is 4.90 Å². The molecule has 2 heterocycles. The number of carbonyl (C=O) groups is 1. The van der Waals surface area contributed by atoms with Gasteiger partial charge in [0.15, 0.2) is 0 Å². The van der Waals surface area contributed by atoms with Gasteiger partial charge in [-0.3, -0.25) is 4.79 Å². The zero-order valence-electron chi connectivity index (χ0n) is 17.1. The smallest absolute Gasteiger partial charge is 0.243 e. The number of piperazine rings is 1. The van der Waals surface area contributed by atoms with Gasteiger partial charge in [0.1, 0.15) is 5.82 Å². The fourth-order valence-electron chi connectivity index (χ4n) is 4.19. The number of carbonyl (C=O) groups excluding carboxylic acids is 1. The van der Waals surface area contributed by atoms with Gasteiger partial charge in [0.2, 0.25) is 15.9 Å². The number of hydrogen-bond acceptors (Lipinski definition) is 4. The molecular weight excluding hydrogens is 441 g/mol. The second kappa shape index (κ2) is 9.14. The lowest BCUT2D eigenvalue weighted by Crippen LogP contribution is -2.52. The van der Waals surface area contributed by atoms with Crippen molar-refractivity contribution in [3.05, 3.63) is 59.4 Å². The summed E-state index contributed by atoms with van der Waals surface area (Å²) in [6.45, 7) is 3.27. The molecule has 0 atom stereocenters.